The van der Waals surface area contributed by atoms with E-state index >= 15 is 0 Å². The summed E-state index contributed by atoms with van der Waals surface area (Å²) in [6, 6.07) is 4.53. The third kappa shape index (κ3) is 1.59. The lowest BCUT2D eigenvalue weighted by Gasteiger charge is -1.96. The van der Waals surface area contributed by atoms with E-state index in [2.05, 4.69) is 4.98 Å². The standard InChI is InChI=1S/C10H6ClNO3/c11-7-4-12-8-3-5(1-2-6(7)8)9(13)10(14)15/h1-4,12H,(H,14,15). The van der Waals surface area contributed by atoms with Crippen molar-refractivity contribution in [2.75, 3.05) is 0 Å². The van der Waals surface area contributed by atoms with E-state index < -0.39 is 11.8 Å². The highest BCUT2D eigenvalue weighted by atomic mass is 35.5. The van der Waals surface area contributed by atoms with Crippen molar-refractivity contribution >= 4 is 34.3 Å². The molecule has 0 unspecified atom stereocenters. The maximum atomic E-state index is 11.1. The predicted octanol–water partition coefficient (Wildman–Crippen LogP) is 2.09. The quantitative estimate of drug-likeness (QED) is 0.605. The molecule has 0 bridgehead atoms. The van der Waals surface area contributed by atoms with Crippen LogP contribution >= 0.6 is 11.6 Å². The van der Waals surface area contributed by atoms with Crippen LogP contribution < -0.4 is 0 Å². The molecule has 0 aliphatic carbocycles. The lowest BCUT2D eigenvalue weighted by atomic mass is 10.1. The van der Waals surface area contributed by atoms with Crippen molar-refractivity contribution in [3.63, 3.8) is 0 Å². The third-order valence-electron chi connectivity index (χ3n) is 2.09. The largest absolute Gasteiger partial charge is 0.475 e. The summed E-state index contributed by atoms with van der Waals surface area (Å²) >= 11 is 5.83. The minimum Gasteiger partial charge on any atom is -0.475 e. The third-order valence-corrected chi connectivity index (χ3v) is 2.40. The van der Waals surface area contributed by atoms with Crippen molar-refractivity contribution < 1.29 is 14.7 Å². The Bertz CT molecular complexity index is 559. The monoisotopic (exact) mass is 223 g/mol. The number of carbonyl (C=O) groups excluding carboxylic acids is 1. The van der Waals surface area contributed by atoms with E-state index in [0.29, 0.717) is 10.5 Å². The molecule has 0 amide bonds. The Labute approximate surface area is 89.5 Å². The lowest BCUT2D eigenvalue weighted by molar-refractivity contribution is -0.131. The van der Waals surface area contributed by atoms with Crippen LogP contribution in [0, 0.1) is 0 Å². The fraction of sp³-hybridized carbons (Fsp3) is 0. The number of carboxylic acid groups (broad SMARTS) is 1. The summed E-state index contributed by atoms with van der Waals surface area (Å²) < 4.78 is 0. The Hall–Kier alpha value is -1.81. The molecule has 5 heteroatoms. The molecule has 2 N–H and O–H groups in total. The van der Waals surface area contributed by atoms with Crippen LogP contribution in [0.2, 0.25) is 5.02 Å². The number of hydrogen-bond acceptors (Lipinski definition) is 2. The second-order valence-corrected chi connectivity index (χ2v) is 3.44. The summed E-state index contributed by atoms with van der Waals surface area (Å²) in [5.41, 5.74) is 0.778. The van der Waals surface area contributed by atoms with Crippen molar-refractivity contribution in [1.82, 2.24) is 4.98 Å². The molecule has 0 saturated carbocycles. The fourth-order valence-electron chi connectivity index (χ4n) is 1.36. The van der Waals surface area contributed by atoms with Crippen LogP contribution in [-0.4, -0.2) is 21.8 Å². The minimum absolute atomic E-state index is 0.133. The number of benzene rings is 1. The van der Waals surface area contributed by atoms with Gasteiger partial charge in [0.25, 0.3) is 5.78 Å². The number of halogens is 1. The number of ketones is 1. The maximum Gasteiger partial charge on any atom is 0.377 e. The number of fused-ring (bicyclic) bond motifs is 1. The van der Waals surface area contributed by atoms with Crippen molar-refractivity contribution in [2.45, 2.75) is 0 Å². The highest BCUT2D eigenvalue weighted by Crippen LogP contribution is 2.23. The smallest absolute Gasteiger partial charge is 0.377 e. The van der Waals surface area contributed by atoms with Gasteiger partial charge in [0.15, 0.2) is 0 Å². The normalized spacial score (nSPS) is 10.5. The van der Waals surface area contributed by atoms with Crippen molar-refractivity contribution in [2.24, 2.45) is 0 Å². The first-order chi connectivity index (χ1) is 7.09. The van der Waals surface area contributed by atoms with E-state index in [1.165, 1.54) is 12.1 Å². The van der Waals surface area contributed by atoms with Crippen LogP contribution in [0.4, 0.5) is 0 Å². The number of aromatic nitrogens is 1. The van der Waals surface area contributed by atoms with E-state index in [1.807, 2.05) is 0 Å². The van der Waals surface area contributed by atoms with Gasteiger partial charge in [-0.3, -0.25) is 4.79 Å². The van der Waals surface area contributed by atoms with Crippen LogP contribution in [0.5, 0.6) is 0 Å². The molecule has 0 aliphatic rings. The number of H-pyrrole nitrogens is 1. The molecular formula is C10H6ClNO3. The summed E-state index contributed by atoms with van der Waals surface area (Å²) in [7, 11) is 0. The number of nitrogens with one attached hydrogen (secondary N) is 1. The number of rotatable bonds is 2. The molecule has 1 heterocycles. The Balaban J connectivity index is 2.57. The molecule has 0 fully saturated rings. The second-order valence-electron chi connectivity index (χ2n) is 3.03. The highest BCUT2D eigenvalue weighted by Gasteiger charge is 2.15. The Morgan fingerprint density at radius 3 is 2.73 bits per heavy atom. The molecule has 4 nitrogen and oxygen atoms in total. The molecule has 2 aromatic rings. The number of hydrogen-bond donors (Lipinski definition) is 2. The zero-order valence-corrected chi connectivity index (χ0v) is 8.21. The summed E-state index contributed by atoms with van der Waals surface area (Å²) in [5, 5.41) is 9.83. The second kappa shape index (κ2) is 3.40. The van der Waals surface area contributed by atoms with Gasteiger partial charge < -0.3 is 10.1 Å². The van der Waals surface area contributed by atoms with Crippen LogP contribution in [0.1, 0.15) is 10.4 Å². The van der Waals surface area contributed by atoms with Crippen molar-refractivity contribution in [3.05, 3.63) is 35.0 Å². The first-order valence-corrected chi connectivity index (χ1v) is 4.51. The molecule has 1 aromatic heterocycles. The highest BCUT2D eigenvalue weighted by molar-refractivity contribution is 6.40. The summed E-state index contributed by atoms with van der Waals surface area (Å²) in [6.45, 7) is 0. The molecule has 0 spiro atoms. The Kier molecular flexibility index (Phi) is 2.21. The molecule has 2 rings (SSSR count). The average molecular weight is 224 g/mol. The number of carbonyl (C=O) groups is 2. The van der Waals surface area contributed by atoms with Gasteiger partial charge in [0.1, 0.15) is 0 Å². The number of Topliss-reactive ketones (excluding diaryl/α,β-unsaturated/α-hetero) is 1. The maximum absolute atomic E-state index is 11.1. The zero-order valence-electron chi connectivity index (χ0n) is 7.45. The van der Waals surface area contributed by atoms with Crippen molar-refractivity contribution in [1.29, 1.82) is 0 Å². The van der Waals surface area contributed by atoms with Gasteiger partial charge in [0.05, 0.1) is 5.02 Å². The van der Waals surface area contributed by atoms with E-state index in [1.54, 1.807) is 12.3 Å². The lowest BCUT2D eigenvalue weighted by Crippen LogP contribution is -2.12. The summed E-state index contributed by atoms with van der Waals surface area (Å²) in [5.74, 6) is -2.39. The van der Waals surface area contributed by atoms with E-state index in [9.17, 15) is 9.59 Å². The molecule has 0 radical (unpaired) electrons. The number of aromatic amines is 1. The predicted molar refractivity (Wildman–Crippen MR) is 55.3 cm³/mol. The van der Waals surface area contributed by atoms with Gasteiger partial charge in [-0.1, -0.05) is 17.7 Å². The molecule has 0 atom stereocenters. The van der Waals surface area contributed by atoms with E-state index in [4.69, 9.17) is 16.7 Å². The molecule has 0 aliphatic heterocycles. The van der Waals surface area contributed by atoms with Gasteiger partial charge in [0, 0.05) is 22.7 Å². The van der Waals surface area contributed by atoms with Gasteiger partial charge in [-0.05, 0) is 12.1 Å². The topological polar surface area (TPSA) is 70.2 Å². The minimum atomic E-state index is -1.47. The molecule has 1 aromatic carbocycles. The average Bonchev–Trinajstić information content (AvgIpc) is 2.59. The van der Waals surface area contributed by atoms with Gasteiger partial charge in [-0.25, -0.2) is 4.79 Å². The van der Waals surface area contributed by atoms with Crippen LogP contribution in [-0.2, 0) is 4.79 Å². The van der Waals surface area contributed by atoms with Crippen LogP contribution in [0.3, 0.4) is 0 Å². The fourth-order valence-corrected chi connectivity index (χ4v) is 1.57. The summed E-state index contributed by atoms with van der Waals surface area (Å²) in [4.78, 5) is 24.4. The number of aliphatic carboxylic acids is 1. The molecule has 0 saturated heterocycles. The SMILES string of the molecule is O=C(O)C(=O)c1ccc2c(Cl)c[nH]c2c1. The van der Waals surface area contributed by atoms with Crippen LogP contribution in [0.15, 0.2) is 24.4 Å². The van der Waals surface area contributed by atoms with E-state index in [-0.39, 0.29) is 5.56 Å². The number of carboxylic acids is 1. The van der Waals surface area contributed by atoms with Gasteiger partial charge in [-0.15, -0.1) is 0 Å². The van der Waals surface area contributed by atoms with Crippen LogP contribution in [0.25, 0.3) is 10.9 Å². The van der Waals surface area contributed by atoms with Gasteiger partial charge in [0.2, 0.25) is 0 Å². The molecule has 76 valence electrons. The van der Waals surface area contributed by atoms with Crippen molar-refractivity contribution in [3.8, 4) is 0 Å². The first-order valence-electron chi connectivity index (χ1n) is 4.14. The van der Waals surface area contributed by atoms with Gasteiger partial charge in [-0.2, -0.15) is 0 Å². The molecular weight excluding hydrogens is 218 g/mol. The van der Waals surface area contributed by atoms with E-state index in [0.717, 1.165) is 5.39 Å². The van der Waals surface area contributed by atoms with Gasteiger partial charge >= 0.3 is 5.97 Å². The Morgan fingerprint density at radius 2 is 2.07 bits per heavy atom. The first kappa shape index (κ1) is 9.73. The Morgan fingerprint density at radius 1 is 1.33 bits per heavy atom. The zero-order chi connectivity index (χ0) is 11.0. The summed E-state index contributed by atoms with van der Waals surface area (Å²) in [6.07, 6.45) is 1.58. The molecule has 15 heavy (non-hydrogen) atoms.